The summed E-state index contributed by atoms with van der Waals surface area (Å²) in [4.78, 5) is 0. The molecule has 0 aromatic rings. The van der Waals surface area contributed by atoms with E-state index in [1.54, 1.807) is 0 Å². The Morgan fingerprint density at radius 2 is 1.00 bits per heavy atom. The maximum Gasteiger partial charge on any atom is 3.00 e. The molecule has 0 saturated carbocycles. The molecule has 0 bridgehead atoms. The van der Waals surface area contributed by atoms with Crippen LogP contribution >= 0.6 is 0 Å². The van der Waals surface area contributed by atoms with Gasteiger partial charge in [-0.3, -0.25) is 7.32 Å². The molecule has 0 rings (SSSR count). The van der Waals surface area contributed by atoms with Gasteiger partial charge in [0.2, 0.25) is 0 Å². The number of rotatable bonds is 0. The zero-order chi connectivity index (χ0) is 3.58. The maximum absolute atomic E-state index is 8.42. The quantitative estimate of drug-likeness (QED) is 0.424. The van der Waals surface area contributed by atoms with Gasteiger partial charge in [0.05, 0.1) is 0 Å². The topological polar surface area (TPSA) is 69.2 Å². The Bertz CT molecular complexity index is 15.5. The minimum Gasteiger partial charge on any atom is -0.907 e. The molecular formula is BO3SrYb+2. The van der Waals surface area contributed by atoms with Crippen LogP contribution in [0.4, 0.5) is 0 Å². The first-order valence-corrected chi connectivity index (χ1v) is 0.707. The molecule has 1 radical (unpaired) electrons. The molecule has 3 nitrogen and oxygen atoms in total. The van der Waals surface area contributed by atoms with Gasteiger partial charge >= 0.3 is 92.4 Å². The molecule has 0 saturated heterocycles. The second-order valence-electron chi connectivity index (χ2n) is 0.289. The van der Waals surface area contributed by atoms with Crippen LogP contribution in [0.5, 0.6) is 0 Å². The molecule has 6 heavy (non-hydrogen) atoms. The van der Waals surface area contributed by atoms with Crippen LogP contribution in [0, 0.1) is 46.9 Å². The third-order valence-corrected chi connectivity index (χ3v) is 0. The van der Waals surface area contributed by atoms with Gasteiger partial charge in [-0.1, -0.05) is 0 Å². The SMILES string of the molecule is [O-]B([O-])[O-].[Sr+2].[Yb+3]. The molecule has 0 aliphatic carbocycles. The monoisotopic (exact) mass is 321 g/mol. The minimum absolute atomic E-state index is 0. The minimum atomic E-state index is -2.92. The first-order chi connectivity index (χ1) is 1.73. The Morgan fingerprint density at radius 1 is 1.00 bits per heavy atom. The first kappa shape index (κ1) is 16.0. The number of hydrogen-bond donors (Lipinski definition) is 0. The van der Waals surface area contributed by atoms with E-state index in [-0.39, 0.29) is 92.4 Å². The van der Waals surface area contributed by atoms with Gasteiger partial charge in [0.15, 0.2) is 0 Å². The van der Waals surface area contributed by atoms with E-state index >= 15 is 0 Å². The van der Waals surface area contributed by atoms with E-state index in [4.69, 9.17) is 15.1 Å². The molecule has 6 heteroatoms. The zero-order valence-electron chi connectivity index (χ0n) is 2.78. The summed E-state index contributed by atoms with van der Waals surface area (Å²) in [6.07, 6.45) is 0. The van der Waals surface area contributed by atoms with E-state index in [9.17, 15) is 0 Å². The van der Waals surface area contributed by atoms with Gasteiger partial charge in [-0.2, -0.15) is 0 Å². The molecule has 0 amide bonds. The average molecular weight is 319 g/mol. The smallest absolute Gasteiger partial charge is 0.907 e. The Labute approximate surface area is 112 Å². The van der Waals surface area contributed by atoms with Crippen molar-refractivity contribution in [3.8, 4) is 0 Å². The van der Waals surface area contributed by atoms with Crippen molar-refractivity contribution in [2.45, 2.75) is 0 Å². The fraction of sp³-hybridized carbons (Fsp3) is 0. The van der Waals surface area contributed by atoms with Crippen LogP contribution in [-0.2, 0) is 0 Å². The molecule has 0 unspecified atom stereocenters. The Morgan fingerprint density at radius 3 is 1.00 bits per heavy atom. The van der Waals surface area contributed by atoms with Gasteiger partial charge in [-0.25, -0.2) is 0 Å². The Hall–Kier alpha value is 2.94. The van der Waals surface area contributed by atoms with Crippen molar-refractivity contribution < 1.29 is 62.0 Å². The predicted molar refractivity (Wildman–Crippen MR) is 11.5 cm³/mol. The van der Waals surface area contributed by atoms with Crippen molar-refractivity contribution in [2.24, 2.45) is 0 Å². The molecule has 0 spiro atoms. The summed E-state index contributed by atoms with van der Waals surface area (Å²) in [5.41, 5.74) is 0. The summed E-state index contributed by atoms with van der Waals surface area (Å²) in [5, 5.41) is 25.2. The van der Waals surface area contributed by atoms with E-state index in [1.807, 2.05) is 0 Å². The van der Waals surface area contributed by atoms with Crippen molar-refractivity contribution in [1.82, 2.24) is 0 Å². The molecule has 0 heterocycles. The van der Waals surface area contributed by atoms with Gasteiger partial charge < -0.3 is 15.1 Å². The van der Waals surface area contributed by atoms with Gasteiger partial charge in [0.1, 0.15) is 0 Å². The van der Waals surface area contributed by atoms with Crippen LogP contribution in [-0.4, -0.2) is 52.8 Å². The van der Waals surface area contributed by atoms with Crippen molar-refractivity contribution in [1.29, 1.82) is 0 Å². The maximum atomic E-state index is 8.42. The molecule has 0 aromatic heterocycles. The molecule has 0 fully saturated rings. The van der Waals surface area contributed by atoms with E-state index in [0.29, 0.717) is 0 Å². The summed E-state index contributed by atoms with van der Waals surface area (Å²) in [6.45, 7) is 0. The van der Waals surface area contributed by atoms with Crippen molar-refractivity contribution in [3.63, 3.8) is 0 Å². The van der Waals surface area contributed by atoms with Gasteiger partial charge in [0.25, 0.3) is 0 Å². The fourth-order valence-corrected chi connectivity index (χ4v) is 0. The molecule has 0 N–H and O–H groups in total. The summed E-state index contributed by atoms with van der Waals surface area (Å²) in [7, 11) is -2.92. The standard InChI is InChI=1S/BO3.Sr.Yb/c2-1(3)4;;/q-3;+2;+3. The number of hydrogen-bond acceptors (Lipinski definition) is 3. The van der Waals surface area contributed by atoms with Crippen LogP contribution < -0.4 is 15.1 Å². The Kier molecular flexibility index (Phi) is 28.9. The van der Waals surface area contributed by atoms with Gasteiger partial charge in [-0.05, 0) is 0 Å². The second kappa shape index (κ2) is 10.8. The zero-order valence-corrected chi connectivity index (χ0v) is 7.97. The van der Waals surface area contributed by atoms with E-state index in [0.717, 1.165) is 0 Å². The van der Waals surface area contributed by atoms with Gasteiger partial charge in [0, 0.05) is 0 Å². The normalized spacial score (nSPS) is 4.50. The van der Waals surface area contributed by atoms with Crippen LogP contribution in [0.2, 0.25) is 0 Å². The summed E-state index contributed by atoms with van der Waals surface area (Å²) < 4.78 is 0. The molecule has 0 aliphatic rings. The van der Waals surface area contributed by atoms with Crippen molar-refractivity contribution in [3.05, 3.63) is 0 Å². The largest absolute Gasteiger partial charge is 3.00 e. The molecular weight excluding hydrogens is 319 g/mol. The first-order valence-electron chi connectivity index (χ1n) is 0.707. The third-order valence-electron chi connectivity index (χ3n) is 0. The van der Waals surface area contributed by atoms with E-state index in [1.165, 1.54) is 0 Å². The van der Waals surface area contributed by atoms with Gasteiger partial charge in [-0.15, -0.1) is 0 Å². The predicted octanol–water partition coefficient (Wildman–Crippen LogP) is -4.33. The van der Waals surface area contributed by atoms with Crippen LogP contribution in [0.15, 0.2) is 0 Å². The average Bonchev–Trinajstić information content (AvgIpc) is 0.811. The third kappa shape index (κ3) is 28.3. The molecule has 0 aromatic carbocycles. The summed E-state index contributed by atoms with van der Waals surface area (Å²) in [5.74, 6) is 0. The summed E-state index contributed by atoms with van der Waals surface area (Å²) in [6, 6.07) is 0. The van der Waals surface area contributed by atoms with Crippen molar-refractivity contribution in [2.75, 3.05) is 0 Å². The van der Waals surface area contributed by atoms with E-state index in [2.05, 4.69) is 0 Å². The fourth-order valence-electron chi connectivity index (χ4n) is 0. The molecule has 35 valence electrons. The summed E-state index contributed by atoms with van der Waals surface area (Å²) >= 11 is 0. The van der Waals surface area contributed by atoms with Crippen LogP contribution in [0.1, 0.15) is 0 Å². The second-order valence-corrected chi connectivity index (χ2v) is 0.289. The molecule has 0 atom stereocenters. The molecule has 0 aliphatic heterocycles. The van der Waals surface area contributed by atoms with E-state index < -0.39 is 7.32 Å². The van der Waals surface area contributed by atoms with Crippen molar-refractivity contribution >= 4 is 52.8 Å². The van der Waals surface area contributed by atoms with Crippen LogP contribution in [0.25, 0.3) is 0 Å². The Balaban J connectivity index is -0.0000000450. The van der Waals surface area contributed by atoms with Crippen LogP contribution in [0.3, 0.4) is 0 Å².